The number of benzene rings is 2. The third kappa shape index (κ3) is 2.75. The number of nitro groups is 1. The summed E-state index contributed by atoms with van der Waals surface area (Å²) in [5.41, 5.74) is 9.04. The SMILES string of the molecule is C=C(O)C(N)Cc1c[nH]c2c(-c3ccccc3)ccc([N+](=O)[O-])c12. The average molecular weight is 323 g/mol. The van der Waals surface area contributed by atoms with E-state index in [4.69, 9.17) is 5.73 Å². The summed E-state index contributed by atoms with van der Waals surface area (Å²) in [5.74, 6) is -0.147. The van der Waals surface area contributed by atoms with Gasteiger partial charge in [-0.3, -0.25) is 10.1 Å². The fourth-order valence-corrected chi connectivity index (χ4v) is 2.82. The van der Waals surface area contributed by atoms with E-state index in [0.717, 1.165) is 11.1 Å². The molecule has 24 heavy (non-hydrogen) atoms. The predicted octanol–water partition coefficient (Wildman–Crippen LogP) is 3.68. The van der Waals surface area contributed by atoms with Gasteiger partial charge in [-0.1, -0.05) is 36.9 Å². The molecule has 1 aromatic heterocycles. The topological polar surface area (TPSA) is 105 Å². The zero-order valence-corrected chi connectivity index (χ0v) is 12.9. The number of fused-ring (bicyclic) bond motifs is 1. The molecule has 1 unspecified atom stereocenters. The highest BCUT2D eigenvalue weighted by Gasteiger charge is 2.21. The molecular weight excluding hydrogens is 306 g/mol. The lowest BCUT2D eigenvalue weighted by Crippen LogP contribution is -2.24. The molecule has 0 spiro atoms. The van der Waals surface area contributed by atoms with Gasteiger partial charge in [-0.05, 0) is 23.6 Å². The Morgan fingerprint density at radius 3 is 2.62 bits per heavy atom. The molecule has 6 nitrogen and oxygen atoms in total. The van der Waals surface area contributed by atoms with Crippen molar-refractivity contribution in [1.29, 1.82) is 0 Å². The van der Waals surface area contributed by atoms with Gasteiger partial charge in [0, 0.05) is 17.8 Å². The quantitative estimate of drug-likeness (QED) is 0.378. The van der Waals surface area contributed by atoms with E-state index in [1.165, 1.54) is 6.07 Å². The van der Waals surface area contributed by atoms with Crippen molar-refractivity contribution in [3.05, 3.63) is 76.7 Å². The second-order valence-corrected chi connectivity index (χ2v) is 5.62. The molecule has 2 aromatic carbocycles. The fourth-order valence-electron chi connectivity index (χ4n) is 2.82. The number of aliphatic hydroxyl groups is 1. The second-order valence-electron chi connectivity index (χ2n) is 5.62. The van der Waals surface area contributed by atoms with E-state index in [1.54, 1.807) is 12.3 Å². The van der Waals surface area contributed by atoms with Gasteiger partial charge in [0.2, 0.25) is 0 Å². The Kier molecular flexibility index (Phi) is 4.05. The van der Waals surface area contributed by atoms with Crippen LogP contribution in [0.15, 0.2) is 61.0 Å². The summed E-state index contributed by atoms with van der Waals surface area (Å²) >= 11 is 0. The Labute approximate surface area is 138 Å². The number of aliphatic hydroxyl groups excluding tert-OH is 1. The standard InChI is InChI=1S/C18H17N3O3/c1-11(22)15(19)9-13-10-20-18-14(12-5-3-2-4-6-12)7-8-16(17(13)18)21(23)24/h2-8,10,15,20,22H,1,9,19H2. The number of rotatable bonds is 5. The Morgan fingerprint density at radius 2 is 2.00 bits per heavy atom. The molecule has 0 saturated heterocycles. The first-order chi connectivity index (χ1) is 11.5. The fraction of sp³-hybridized carbons (Fsp3) is 0.111. The zero-order chi connectivity index (χ0) is 17.3. The number of H-pyrrole nitrogens is 1. The van der Waals surface area contributed by atoms with Crippen molar-refractivity contribution < 1.29 is 10.0 Å². The number of hydrogen-bond acceptors (Lipinski definition) is 4. The van der Waals surface area contributed by atoms with Crippen LogP contribution in [-0.2, 0) is 6.42 Å². The summed E-state index contributed by atoms with van der Waals surface area (Å²) in [4.78, 5) is 14.1. The number of nitrogens with two attached hydrogens (primary N) is 1. The lowest BCUT2D eigenvalue weighted by molar-refractivity contribution is -0.383. The van der Waals surface area contributed by atoms with Gasteiger partial charge in [0.1, 0.15) is 5.76 Å². The predicted molar refractivity (Wildman–Crippen MR) is 93.8 cm³/mol. The number of aromatic amines is 1. The lowest BCUT2D eigenvalue weighted by Gasteiger charge is -2.09. The number of nitrogens with zero attached hydrogens (tertiary/aromatic N) is 1. The zero-order valence-electron chi connectivity index (χ0n) is 12.9. The van der Waals surface area contributed by atoms with E-state index in [-0.39, 0.29) is 17.9 Å². The Balaban J connectivity index is 2.22. The number of non-ortho nitro benzene ring substituents is 1. The molecule has 1 atom stereocenters. The van der Waals surface area contributed by atoms with E-state index in [0.29, 0.717) is 16.5 Å². The van der Waals surface area contributed by atoms with Crippen LogP contribution in [0, 0.1) is 10.1 Å². The molecule has 0 amide bonds. The van der Waals surface area contributed by atoms with Crippen molar-refractivity contribution in [2.45, 2.75) is 12.5 Å². The molecule has 0 bridgehead atoms. The second kappa shape index (κ2) is 6.17. The normalized spacial score (nSPS) is 12.2. The summed E-state index contributed by atoms with van der Waals surface area (Å²) < 4.78 is 0. The summed E-state index contributed by atoms with van der Waals surface area (Å²) in [6, 6.07) is 12.2. The van der Waals surface area contributed by atoms with Crippen molar-refractivity contribution in [2.24, 2.45) is 5.73 Å². The molecule has 122 valence electrons. The van der Waals surface area contributed by atoms with Crippen LogP contribution in [0.3, 0.4) is 0 Å². The van der Waals surface area contributed by atoms with Gasteiger partial charge >= 0.3 is 0 Å². The molecule has 0 radical (unpaired) electrons. The summed E-state index contributed by atoms with van der Waals surface area (Å²) in [6.07, 6.45) is 1.96. The van der Waals surface area contributed by atoms with Crippen molar-refractivity contribution >= 4 is 16.6 Å². The summed E-state index contributed by atoms with van der Waals surface area (Å²) in [7, 11) is 0. The van der Waals surface area contributed by atoms with E-state index in [9.17, 15) is 15.2 Å². The third-order valence-corrected chi connectivity index (χ3v) is 4.04. The van der Waals surface area contributed by atoms with Crippen molar-refractivity contribution in [3.8, 4) is 11.1 Å². The van der Waals surface area contributed by atoms with Crippen LogP contribution in [0.2, 0.25) is 0 Å². The Morgan fingerprint density at radius 1 is 1.29 bits per heavy atom. The molecule has 0 saturated carbocycles. The highest BCUT2D eigenvalue weighted by atomic mass is 16.6. The van der Waals surface area contributed by atoms with E-state index < -0.39 is 11.0 Å². The molecular formula is C18H17N3O3. The maximum atomic E-state index is 11.4. The van der Waals surface area contributed by atoms with Crippen LogP contribution < -0.4 is 5.73 Å². The molecule has 0 fully saturated rings. The minimum Gasteiger partial charge on any atom is -0.511 e. The molecule has 4 N–H and O–H groups in total. The monoisotopic (exact) mass is 323 g/mol. The first kappa shape index (κ1) is 15.8. The van der Waals surface area contributed by atoms with Gasteiger partial charge in [0.15, 0.2) is 0 Å². The van der Waals surface area contributed by atoms with Gasteiger partial charge in [0.25, 0.3) is 5.69 Å². The Hall–Kier alpha value is -3.12. The van der Waals surface area contributed by atoms with Crippen LogP contribution >= 0.6 is 0 Å². The minimum absolute atomic E-state index is 0.0108. The maximum absolute atomic E-state index is 11.4. The van der Waals surface area contributed by atoms with Gasteiger partial charge in [-0.2, -0.15) is 0 Å². The largest absolute Gasteiger partial charge is 0.511 e. The average Bonchev–Trinajstić information content (AvgIpc) is 2.98. The van der Waals surface area contributed by atoms with Gasteiger partial charge < -0.3 is 15.8 Å². The first-order valence-corrected chi connectivity index (χ1v) is 7.45. The highest BCUT2D eigenvalue weighted by molar-refractivity contribution is 6.01. The van der Waals surface area contributed by atoms with E-state index >= 15 is 0 Å². The molecule has 0 aliphatic carbocycles. The van der Waals surface area contributed by atoms with E-state index in [2.05, 4.69) is 11.6 Å². The van der Waals surface area contributed by atoms with Crippen LogP contribution in [0.1, 0.15) is 5.56 Å². The van der Waals surface area contributed by atoms with Crippen LogP contribution in [0.4, 0.5) is 5.69 Å². The van der Waals surface area contributed by atoms with Crippen molar-refractivity contribution in [2.75, 3.05) is 0 Å². The van der Waals surface area contributed by atoms with Gasteiger partial charge in [-0.25, -0.2) is 0 Å². The van der Waals surface area contributed by atoms with E-state index in [1.807, 2.05) is 30.3 Å². The molecule has 3 aromatic rings. The van der Waals surface area contributed by atoms with Crippen molar-refractivity contribution in [1.82, 2.24) is 4.98 Å². The molecule has 0 aliphatic heterocycles. The maximum Gasteiger partial charge on any atom is 0.279 e. The van der Waals surface area contributed by atoms with Crippen LogP contribution in [0.25, 0.3) is 22.0 Å². The molecule has 1 heterocycles. The van der Waals surface area contributed by atoms with Crippen LogP contribution in [0.5, 0.6) is 0 Å². The number of hydrogen-bond donors (Lipinski definition) is 3. The number of nitrogens with one attached hydrogen (secondary N) is 1. The summed E-state index contributed by atoms with van der Waals surface area (Å²) in [5, 5.41) is 21.4. The lowest BCUT2D eigenvalue weighted by atomic mass is 9.98. The van der Waals surface area contributed by atoms with Crippen LogP contribution in [-0.4, -0.2) is 21.1 Å². The first-order valence-electron chi connectivity index (χ1n) is 7.45. The highest BCUT2D eigenvalue weighted by Crippen LogP contribution is 2.36. The van der Waals surface area contributed by atoms with Gasteiger partial charge in [-0.15, -0.1) is 0 Å². The van der Waals surface area contributed by atoms with Gasteiger partial charge in [0.05, 0.1) is 21.9 Å². The van der Waals surface area contributed by atoms with Crippen molar-refractivity contribution in [3.63, 3.8) is 0 Å². The molecule has 0 aliphatic rings. The number of aromatic nitrogens is 1. The third-order valence-electron chi connectivity index (χ3n) is 4.04. The summed E-state index contributed by atoms with van der Waals surface area (Å²) in [6.45, 7) is 3.42. The number of nitro benzene ring substituents is 1. The molecule has 6 heteroatoms. The molecule has 3 rings (SSSR count). The Bertz CT molecular complexity index is 916. The minimum atomic E-state index is -0.677. The smallest absolute Gasteiger partial charge is 0.279 e.